The SMILES string of the molecule is CCN(Cc1ccc(Br)s1)C(=O)C1CC(C)CCN1. The Morgan fingerprint density at radius 3 is 2.95 bits per heavy atom. The lowest BCUT2D eigenvalue weighted by molar-refractivity contribution is -0.134. The zero-order valence-corrected chi connectivity index (χ0v) is 13.9. The van der Waals surface area contributed by atoms with E-state index in [4.69, 9.17) is 0 Å². The minimum absolute atomic E-state index is 0.00658. The predicted octanol–water partition coefficient (Wildman–Crippen LogP) is 3.25. The van der Waals surface area contributed by atoms with Gasteiger partial charge >= 0.3 is 0 Å². The first-order valence-electron chi connectivity index (χ1n) is 6.86. The average Bonchev–Trinajstić information content (AvgIpc) is 2.81. The summed E-state index contributed by atoms with van der Waals surface area (Å²) in [6.45, 7) is 6.72. The first-order valence-corrected chi connectivity index (χ1v) is 8.47. The zero-order chi connectivity index (χ0) is 13.8. The average molecular weight is 345 g/mol. The molecular weight excluding hydrogens is 324 g/mol. The van der Waals surface area contributed by atoms with Crippen molar-refractivity contribution in [3.05, 3.63) is 20.8 Å². The quantitative estimate of drug-likeness (QED) is 0.909. The Morgan fingerprint density at radius 2 is 2.37 bits per heavy atom. The van der Waals surface area contributed by atoms with Crippen LogP contribution in [0.3, 0.4) is 0 Å². The number of nitrogens with zero attached hydrogens (tertiary/aromatic N) is 1. The van der Waals surface area contributed by atoms with E-state index in [-0.39, 0.29) is 11.9 Å². The molecule has 2 unspecified atom stereocenters. The second-order valence-corrected chi connectivity index (χ2v) is 7.74. The molecule has 0 radical (unpaired) electrons. The molecular formula is C14H21BrN2OS. The maximum atomic E-state index is 12.5. The molecule has 0 aliphatic carbocycles. The second kappa shape index (κ2) is 6.86. The molecule has 3 nitrogen and oxygen atoms in total. The Bertz CT molecular complexity index is 435. The van der Waals surface area contributed by atoms with E-state index in [0.717, 1.165) is 29.8 Å². The van der Waals surface area contributed by atoms with Crippen molar-refractivity contribution in [3.8, 4) is 0 Å². The molecule has 1 N–H and O–H groups in total. The fraction of sp³-hybridized carbons (Fsp3) is 0.643. The highest BCUT2D eigenvalue weighted by atomic mass is 79.9. The van der Waals surface area contributed by atoms with E-state index >= 15 is 0 Å². The van der Waals surface area contributed by atoms with Crippen LogP contribution in [0.25, 0.3) is 0 Å². The summed E-state index contributed by atoms with van der Waals surface area (Å²) in [4.78, 5) is 15.7. The summed E-state index contributed by atoms with van der Waals surface area (Å²) in [5.41, 5.74) is 0. The maximum absolute atomic E-state index is 12.5. The van der Waals surface area contributed by atoms with E-state index in [1.807, 2.05) is 17.9 Å². The van der Waals surface area contributed by atoms with Crippen molar-refractivity contribution in [2.75, 3.05) is 13.1 Å². The third-order valence-electron chi connectivity index (χ3n) is 3.63. The van der Waals surface area contributed by atoms with Gasteiger partial charge in [0.25, 0.3) is 0 Å². The molecule has 1 fully saturated rings. The largest absolute Gasteiger partial charge is 0.336 e. The Labute approximate surface area is 127 Å². The lowest BCUT2D eigenvalue weighted by Gasteiger charge is -2.31. The standard InChI is InChI=1S/C14H21BrN2OS/c1-3-17(9-11-4-5-13(15)19-11)14(18)12-8-10(2)6-7-16-12/h4-5,10,12,16H,3,6-9H2,1-2H3. The lowest BCUT2D eigenvalue weighted by Crippen LogP contribution is -2.49. The molecule has 2 rings (SSSR count). The number of likely N-dealkylation sites (N-methyl/N-ethyl adjacent to an activating group) is 1. The van der Waals surface area contributed by atoms with Crippen LogP contribution in [-0.4, -0.2) is 29.9 Å². The van der Waals surface area contributed by atoms with E-state index in [1.54, 1.807) is 11.3 Å². The van der Waals surface area contributed by atoms with Crippen molar-refractivity contribution in [2.24, 2.45) is 5.92 Å². The van der Waals surface area contributed by atoms with Crippen molar-refractivity contribution in [2.45, 2.75) is 39.3 Å². The van der Waals surface area contributed by atoms with Crippen molar-refractivity contribution >= 4 is 33.2 Å². The van der Waals surface area contributed by atoms with Crippen LogP contribution in [0, 0.1) is 5.92 Å². The number of hydrogen-bond donors (Lipinski definition) is 1. The van der Waals surface area contributed by atoms with Crippen LogP contribution in [0.2, 0.25) is 0 Å². The van der Waals surface area contributed by atoms with Crippen molar-refractivity contribution in [1.29, 1.82) is 0 Å². The van der Waals surface area contributed by atoms with Gasteiger partial charge in [0.2, 0.25) is 5.91 Å². The van der Waals surface area contributed by atoms with Gasteiger partial charge < -0.3 is 10.2 Å². The van der Waals surface area contributed by atoms with Gasteiger partial charge in [0.05, 0.1) is 16.4 Å². The summed E-state index contributed by atoms with van der Waals surface area (Å²) in [5, 5.41) is 3.36. The molecule has 106 valence electrons. The monoisotopic (exact) mass is 344 g/mol. The molecule has 1 aromatic rings. The van der Waals surface area contributed by atoms with E-state index < -0.39 is 0 Å². The third kappa shape index (κ3) is 4.04. The number of piperidine rings is 1. The highest BCUT2D eigenvalue weighted by Crippen LogP contribution is 2.24. The lowest BCUT2D eigenvalue weighted by atomic mass is 9.93. The van der Waals surface area contributed by atoms with Crippen LogP contribution in [0.15, 0.2) is 15.9 Å². The van der Waals surface area contributed by atoms with Crippen LogP contribution >= 0.6 is 27.3 Å². The van der Waals surface area contributed by atoms with Gasteiger partial charge in [-0.25, -0.2) is 0 Å². The number of hydrogen-bond acceptors (Lipinski definition) is 3. The fourth-order valence-corrected chi connectivity index (χ4v) is 3.99. The molecule has 2 heterocycles. The van der Waals surface area contributed by atoms with Gasteiger partial charge in [0, 0.05) is 11.4 Å². The van der Waals surface area contributed by atoms with Crippen LogP contribution in [0.1, 0.15) is 31.6 Å². The smallest absolute Gasteiger partial charge is 0.240 e. The molecule has 0 saturated carbocycles. The van der Waals surface area contributed by atoms with Crippen molar-refractivity contribution < 1.29 is 4.79 Å². The minimum atomic E-state index is 0.00658. The summed E-state index contributed by atoms with van der Waals surface area (Å²) in [5.74, 6) is 0.892. The van der Waals surface area contributed by atoms with Gasteiger partial charge in [0.15, 0.2) is 0 Å². The van der Waals surface area contributed by atoms with Crippen LogP contribution in [0.5, 0.6) is 0 Å². The fourth-order valence-electron chi connectivity index (χ4n) is 2.49. The highest BCUT2D eigenvalue weighted by Gasteiger charge is 2.27. The molecule has 1 aromatic heterocycles. The Balaban J connectivity index is 1.98. The summed E-state index contributed by atoms with van der Waals surface area (Å²) in [6.07, 6.45) is 2.14. The van der Waals surface area contributed by atoms with Gasteiger partial charge in [-0.2, -0.15) is 0 Å². The molecule has 2 atom stereocenters. The molecule has 19 heavy (non-hydrogen) atoms. The van der Waals surface area contributed by atoms with Crippen LogP contribution in [0.4, 0.5) is 0 Å². The third-order valence-corrected chi connectivity index (χ3v) is 5.24. The summed E-state index contributed by atoms with van der Waals surface area (Å²) >= 11 is 5.17. The Hall–Kier alpha value is -0.390. The highest BCUT2D eigenvalue weighted by molar-refractivity contribution is 9.11. The normalized spacial score (nSPS) is 23.3. The van der Waals surface area contributed by atoms with Gasteiger partial charge in [-0.1, -0.05) is 6.92 Å². The van der Waals surface area contributed by atoms with Crippen LogP contribution in [-0.2, 0) is 11.3 Å². The Kier molecular flexibility index (Phi) is 5.42. The summed E-state index contributed by atoms with van der Waals surface area (Å²) < 4.78 is 1.12. The Morgan fingerprint density at radius 1 is 1.58 bits per heavy atom. The van der Waals surface area contributed by atoms with E-state index in [1.165, 1.54) is 11.3 Å². The number of amides is 1. The molecule has 1 aliphatic heterocycles. The molecule has 5 heteroatoms. The van der Waals surface area contributed by atoms with E-state index in [2.05, 4.69) is 34.2 Å². The number of carbonyl (C=O) groups excluding carboxylic acids is 1. The molecule has 0 bridgehead atoms. The number of halogens is 1. The van der Waals surface area contributed by atoms with Gasteiger partial charge in [-0.15, -0.1) is 11.3 Å². The first-order chi connectivity index (χ1) is 9.10. The van der Waals surface area contributed by atoms with Gasteiger partial charge in [-0.3, -0.25) is 4.79 Å². The summed E-state index contributed by atoms with van der Waals surface area (Å²) in [6, 6.07) is 4.13. The number of rotatable bonds is 4. The number of thiophene rings is 1. The van der Waals surface area contributed by atoms with Gasteiger partial charge in [0.1, 0.15) is 0 Å². The second-order valence-electron chi connectivity index (χ2n) is 5.19. The maximum Gasteiger partial charge on any atom is 0.240 e. The molecule has 0 spiro atoms. The minimum Gasteiger partial charge on any atom is -0.336 e. The topological polar surface area (TPSA) is 32.3 Å². The molecule has 0 aromatic carbocycles. The molecule has 1 aliphatic rings. The summed E-state index contributed by atoms with van der Waals surface area (Å²) in [7, 11) is 0. The van der Waals surface area contributed by atoms with E-state index in [9.17, 15) is 4.79 Å². The number of nitrogens with one attached hydrogen (secondary N) is 1. The first kappa shape index (κ1) is 15.0. The van der Waals surface area contributed by atoms with E-state index in [0.29, 0.717) is 5.92 Å². The number of carbonyl (C=O) groups is 1. The van der Waals surface area contributed by atoms with Crippen molar-refractivity contribution in [1.82, 2.24) is 10.2 Å². The van der Waals surface area contributed by atoms with Gasteiger partial charge in [-0.05, 0) is 60.3 Å². The van der Waals surface area contributed by atoms with Crippen LogP contribution < -0.4 is 5.32 Å². The molecule has 1 saturated heterocycles. The predicted molar refractivity (Wildman–Crippen MR) is 83.3 cm³/mol. The van der Waals surface area contributed by atoms with Crippen molar-refractivity contribution in [3.63, 3.8) is 0 Å². The molecule has 1 amide bonds. The zero-order valence-electron chi connectivity index (χ0n) is 11.5.